The van der Waals surface area contributed by atoms with E-state index in [-0.39, 0.29) is 17.1 Å². The predicted octanol–water partition coefficient (Wildman–Crippen LogP) is 1.59. The zero-order valence-electron chi connectivity index (χ0n) is 8.56. The van der Waals surface area contributed by atoms with Crippen molar-refractivity contribution in [2.45, 2.75) is 45.7 Å². The van der Waals surface area contributed by atoms with Gasteiger partial charge in [0.2, 0.25) is 0 Å². The van der Waals surface area contributed by atoms with E-state index in [0.29, 0.717) is 0 Å². The number of amides is 2. The van der Waals surface area contributed by atoms with Crippen LogP contribution in [0.25, 0.3) is 0 Å². The van der Waals surface area contributed by atoms with Crippen LogP contribution in [-0.2, 0) is 0 Å². The number of nitrogens with one attached hydrogen (secondary N) is 1. The van der Waals surface area contributed by atoms with Gasteiger partial charge in [-0.3, -0.25) is 0 Å². The minimum Gasteiger partial charge on any atom is -0.331 e. The van der Waals surface area contributed by atoms with E-state index < -0.39 is 0 Å². The van der Waals surface area contributed by atoms with Crippen LogP contribution in [0.15, 0.2) is 0 Å². The second-order valence-corrected chi connectivity index (χ2v) is 5.07. The van der Waals surface area contributed by atoms with E-state index in [1.807, 2.05) is 39.5 Å². The maximum absolute atomic E-state index is 11.5. The van der Waals surface area contributed by atoms with E-state index in [1.165, 1.54) is 0 Å². The van der Waals surface area contributed by atoms with Crippen molar-refractivity contribution in [2.24, 2.45) is 0 Å². The standard InChI is InChI=1S/C9H18N2O/c1-8(2,3)11-6-9(4,5)10-7(11)12/h6H2,1-5H3,(H,10,12). The minimum absolute atomic E-state index is 0.0486. The van der Waals surface area contributed by atoms with Crippen molar-refractivity contribution in [3.63, 3.8) is 0 Å². The van der Waals surface area contributed by atoms with E-state index in [9.17, 15) is 4.79 Å². The van der Waals surface area contributed by atoms with Crippen LogP contribution in [0, 0.1) is 0 Å². The molecule has 2 amide bonds. The summed E-state index contributed by atoms with van der Waals surface area (Å²) in [5.41, 5.74) is -0.151. The molecule has 1 fully saturated rings. The van der Waals surface area contributed by atoms with Crippen molar-refractivity contribution < 1.29 is 4.79 Å². The molecule has 0 radical (unpaired) electrons. The van der Waals surface area contributed by atoms with E-state index in [1.54, 1.807) is 0 Å². The lowest BCUT2D eigenvalue weighted by molar-refractivity contribution is 0.167. The van der Waals surface area contributed by atoms with Gasteiger partial charge in [0, 0.05) is 12.1 Å². The van der Waals surface area contributed by atoms with E-state index in [4.69, 9.17) is 0 Å². The third-order valence-electron chi connectivity index (χ3n) is 2.05. The third-order valence-corrected chi connectivity index (χ3v) is 2.05. The molecule has 1 aliphatic heterocycles. The van der Waals surface area contributed by atoms with Crippen LogP contribution in [0.3, 0.4) is 0 Å². The van der Waals surface area contributed by atoms with Crippen molar-refractivity contribution in [3.8, 4) is 0 Å². The first kappa shape index (κ1) is 9.36. The molecule has 70 valence electrons. The van der Waals surface area contributed by atoms with Crippen molar-refractivity contribution in [1.29, 1.82) is 0 Å². The lowest BCUT2D eigenvalue weighted by Crippen LogP contribution is -2.43. The summed E-state index contributed by atoms with van der Waals surface area (Å²) in [6.45, 7) is 11.0. The molecule has 0 aromatic heterocycles. The molecule has 0 bridgehead atoms. The van der Waals surface area contributed by atoms with Crippen LogP contribution < -0.4 is 5.32 Å². The largest absolute Gasteiger partial charge is 0.331 e. The van der Waals surface area contributed by atoms with Crippen LogP contribution >= 0.6 is 0 Å². The molecule has 0 aromatic rings. The Hall–Kier alpha value is -0.730. The molecule has 3 nitrogen and oxygen atoms in total. The SMILES string of the molecule is CC1(C)CN(C(C)(C)C)C(=O)N1. The Kier molecular flexibility index (Phi) is 1.85. The Morgan fingerprint density at radius 2 is 1.92 bits per heavy atom. The van der Waals surface area contributed by atoms with Crippen LogP contribution in [0.4, 0.5) is 4.79 Å². The first-order valence-corrected chi connectivity index (χ1v) is 4.32. The molecular formula is C9H18N2O. The summed E-state index contributed by atoms with van der Waals surface area (Å²) in [4.78, 5) is 13.3. The summed E-state index contributed by atoms with van der Waals surface area (Å²) in [7, 11) is 0. The minimum atomic E-state index is -0.0790. The summed E-state index contributed by atoms with van der Waals surface area (Å²) in [5.74, 6) is 0. The van der Waals surface area contributed by atoms with Crippen LogP contribution in [0.1, 0.15) is 34.6 Å². The summed E-state index contributed by atoms with van der Waals surface area (Å²) in [6, 6.07) is 0.0486. The maximum atomic E-state index is 11.5. The fraction of sp³-hybridized carbons (Fsp3) is 0.889. The quantitative estimate of drug-likeness (QED) is 0.588. The fourth-order valence-corrected chi connectivity index (χ4v) is 1.41. The number of carbonyl (C=O) groups is 1. The van der Waals surface area contributed by atoms with Crippen molar-refractivity contribution >= 4 is 6.03 Å². The Labute approximate surface area is 74.1 Å². The lowest BCUT2D eigenvalue weighted by Gasteiger charge is -2.31. The highest BCUT2D eigenvalue weighted by molar-refractivity contribution is 5.78. The second-order valence-electron chi connectivity index (χ2n) is 5.07. The highest BCUT2D eigenvalue weighted by Crippen LogP contribution is 2.22. The van der Waals surface area contributed by atoms with Gasteiger partial charge < -0.3 is 10.2 Å². The molecule has 0 spiro atoms. The lowest BCUT2D eigenvalue weighted by atomic mass is 10.0. The van der Waals surface area contributed by atoms with Gasteiger partial charge in [0.05, 0.1) is 5.54 Å². The van der Waals surface area contributed by atoms with Gasteiger partial charge in [0.25, 0.3) is 0 Å². The monoisotopic (exact) mass is 170 g/mol. The zero-order valence-corrected chi connectivity index (χ0v) is 8.56. The Balaban J connectivity index is 2.78. The van der Waals surface area contributed by atoms with Gasteiger partial charge in [-0.15, -0.1) is 0 Å². The van der Waals surface area contributed by atoms with Crippen molar-refractivity contribution in [3.05, 3.63) is 0 Å². The van der Waals surface area contributed by atoms with Crippen LogP contribution in [0.2, 0.25) is 0 Å². The van der Waals surface area contributed by atoms with Gasteiger partial charge in [-0.25, -0.2) is 4.79 Å². The molecule has 12 heavy (non-hydrogen) atoms. The van der Waals surface area contributed by atoms with Gasteiger partial charge in [0.15, 0.2) is 0 Å². The summed E-state index contributed by atoms with van der Waals surface area (Å²) < 4.78 is 0. The molecule has 0 unspecified atom stereocenters. The first-order valence-electron chi connectivity index (χ1n) is 4.32. The van der Waals surface area contributed by atoms with Crippen molar-refractivity contribution in [2.75, 3.05) is 6.54 Å². The third kappa shape index (κ3) is 1.71. The van der Waals surface area contributed by atoms with Gasteiger partial charge in [0.1, 0.15) is 0 Å². The van der Waals surface area contributed by atoms with Gasteiger partial charge in [-0.05, 0) is 34.6 Å². The van der Waals surface area contributed by atoms with E-state index in [2.05, 4.69) is 5.32 Å². The topological polar surface area (TPSA) is 32.3 Å². The van der Waals surface area contributed by atoms with Gasteiger partial charge in [-0.2, -0.15) is 0 Å². The molecule has 0 saturated carbocycles. The maximum Gasteiger partial charge on any atom is 0.318 e. The second kappa shape index (κ2) is 2.38. The number of urea groups is 1. The summed E-state index contributed by atoms with van der Waals surface area (Å²) in [5, 5.41) is 2.94. The zero-order chi connectivity index (χ0) is 9.57. The average Bonchev–Trinajstić information content (AvgIpc) is 2.03. The highest BCUT2D eigenvalue weighted by Gasteiger charge is 2.39. The van der Waals surface area contributed by atoms with Gasteiger partial charge in [-0.1, -0.05) is 0 Å². The molecule has 1 heterocycles. The van der Waals surface area contributed by atoms with Crippen LogP contribution in [-0.4, -0.2) is 28.6 Å². The number of rotatable bonds is 0. The predicted molar refractivity (Wildman–Crippen MR) is 49.1 cm³/mol. The molecule has 0 aromatic carbocycles. The van der Waals surface area contributed by atoms with Crippen molar-refractivity contribution in [1.82, 2.24) is 10.2 Å². The normalized spacial score (nSPS) is 22.8. The Morgan fingerprint density at radius 3 is 2.08 bits per heavy atom. The number of hydrogen-bond acceptors (Lipinski definition) is 1. The van der Waals surface area contributed by atoms with Gasteiger partial charge >= 0.3 is 6.03 Å². The molecule has 1 N–H and O–H groups in total. The number of nitrogens with zero attached hydrogens (tertiary/aromatic N) is 1. The molecule has 1 aliphatic rings. The smallest absolute Gasteiger partial charge is 0.318 e. The number of hydrogen-bond donors (Lipinski definition) is 1. The average molecular weight is 170 g/mol. The summed E-state index contributed by atoms with van der Waals surface area (Å²) >= 11 is 0. The molecule has 1 rings (SSSR count). The summed E-state index contributed by atoms with van der Waals surface area (Å²) in [6.07, 6.45) is 0. The molecule has 0 aliphatic carbocycles. The molecule has 1 saturated heterocycles. The molecule has 3 heteroatoms. The Morgan fingerprint density at radius 1 is 1.42 bits per heavy atom. The molecule has 0 atom stereocenters. The molecular weight excluding hydrogens is 152 g/mol. The number of carbonyl (C=O) groups excluding carboxylic acids is 1. The van der Waals surface area contributed by atoms with Crippen LogP contribution in [0.5, 0.6) is 0 Å². The Bertz CT molecular complexity index is 203. The van der Waals surface area contributed by atoms with E-state index >= 15 is 0 Å². The fourth-order valence-electron chi connectivity index (χ4n) is 1.41. The highest BCUT2D eigenvalue weighted by atomic mass is 16.2. The van der Waals surface area contributed by atoms with E-state index in [0.717, 1.165) is 6.54 Å². The first-order chi connectivity index (χ1) is 5.22.